The molecular weight excluding hydrogens is 264 g/mol. The van der Waals surface area contributed by atoms with Gasteiger partial charge in [0.1, 0.15) is 11.3 Å². The van der Waals surface area contributed by atoms with E-state index >= 15 is 0 Å². The van der Waals surface area contributed by atoms with Gasteiger partial charge in [-0.25, -0.2) is 8.78 Å². The van der Waals surface area contributed by atoms with Crippen LogP contribution in [0.4, 0.5) is 20.2 Å². The van der Waals surface area contributed by atoms with E-state index in [9.17, 15) is 23.7 Å². The number of pyridine rings is 1. The number of nitrogen functional groups attached to an aromatic ring is 1. The maximum absolute atomic E-state index is 12.8. The number of alkyl halides is 2. The molecule has 0 spiro atoms. The Balaban J connectivity index is 3.28. The summed E-state index contributed by atoms with van der Waals surface area (Å²) in [7, 11) is 0. The highest BCUT2D eigenvalue weighted by Crippen LogP contribution is 2.35. The van der Waals surface area contributed by atoms with Crippen molar-refractivity contribution in [1.29, 1.82) is 0 Å². The number of esters is 1. The smallest absolute Gasteiger partial charge is 0.312 e. The Hall–Kier alpha value is -2.32. The van der Waals surface area contributed by atoms with Gasteiger partial charge in [0.2, 0.25) is 0 Å². The predicted octanol–water partition coefficient (Wildman–Crippen LogP) is 1.62. The quantitative estimate of drug-likeness (QED) is 0.497. The van der Waals surface area contributed by atoms with Crippen molar-refractivity contribution in [3.05, 3.63) is 27.6 Å². The van der Waals surface area contributed by atoms with Crippen molar-refractivity contribution in [3.63, 3.8) is 0 Å². The molecule has 9 heteroatoms. The van der Waals surface area contributed by atoms with Crippen molar-refractivity contribution in [2.75, 3.05) is 12.3 Å². The van der Waals surface area contributed by atoms with Crippen LogP contribution in [0.2, 0.25) is 0 Å². The monoisotopic (exact) mass is 275 g/mol. The largest absolute Gasteiger partial charge is 0.466 e. The van der Waals surface area contributed by atoms with Gasteiger partial charge in [0.05, 0.1) is 29.8 Å². The number of rotatable bonds is 5. The van der Waals surface area contributed by atoms with E-state index in [-0.39, 0.29) is 6.61 Å². The Kier molecular flexibility index (Phi) is 4.67. The first-order chi connectivity index (χ1) is 8.88. The van der Waals surface area contributed by atoms with E-state index in [4.69, 9.17) is 5.73 Å². The van der Waals surface area contributed by atoms with Crippen LogP contribution in [-0.4, -0.2) is 22.5 Å². The number of ether oxygens (including phenoxy) is 1. The van der Waals surface area contributed by atoms with Gasteiger partial charge < -0.3 is 10.5 Å². The second-order valence-corrected chi connectivity index (χ2v) is 3.46. The van der Waals surface area contributed by atoms with Gasteiger partial charge in [0.25, 0.3) is 6.43 Å². The lowest BCUT2D eigenvalue weighted by Crippen LogP contribution is -2.13. The van der Waals surface area contributed by atoms with Gasteiger partial charge in [-0.15, -0.1) is 0 Å². The highest BCUT2D eigenvalue weighted by Gasteiger charge is 2.30. The fourth-order valence-corrected chi connectivity index (χ4v) is 1.48. The molecule has 2 N–H and O–H groups in total. The lowest BCUT2D eigenvalue weighted by atomic mass is 10.1. The Morgan fingerprint density at radius 1 is 1.63 bits per heavy atom. The van der Waals surface area contributed by atoms with Crippen molar-refractivity contribution >= 4 is 17.3 Å². The lowest BCUT2D eigenvalue weighted by molar-refractivity contribution is -0.387. The predicted molar refractivity (Wildman–Crippen MR) is 60.6 cm³/mol. The number of hydrogen-bond acceptors (Lipinski definition) is 6. The van der Waals surface area contributed by atoms with Crippen LogP contribution in [0.3, 0.4) is 0 Å². The Morgan fingerprint density at radius 2 is 2.26 bits per heavy atom. The topological polar surface area (TPSA) is 108 Å². The molecule has 0 aliphatic carbocycles. The second kappa shape index (κ2) is 6.03. The Morgan fingerprint density at radius 3 is 2.74 bits per heavy atom. The van der Waals surface area contributed by atoms with Crippen LogP contribution < -0.4 is 5.73 Å². The molecule has 1 rings (SSSR count). The van der Waals surface area contributed by atoms with Crippen molar-refractivity contribution in [1.82, 2.24) is 4.98 Å². The van der Waals surface area contributed by atoms with E-state index in [2.05, 4.69) is 9.72 Å². The number of anilines is 1. The second-order valence-electron chi connectivity index (χ2n) is 3.46. The molecule has 0 aliphatic heterocycles. The zero-order chi connectivity index (χ0) is 14.6. The first-order valence-corrected chi connectivity index (χ1v) is 5.23. The number of nitrogens with two attached hydrogens (primary N) is 1. The zero-order valence-corrected chi connectivity index (χ0v) is 9.93. The van der Waals surface area contributed by atoms with Crippen molar-refractivity contribution < 1.29 is 23.2 Å². The summed E-state index contributed by atoms with van der Waals surface area (Å²) in [6.45, 7) is 1.62. The summed E-state index contributed by atoms with van der Waals surface area (Å²) in [4.78, 5) is 24.6. The molecule has 0 unspecified atom stereocenters. The average molecular weight is 275 g/mol. The number of nitro groups is 1. The van der Waals surface area contributed by atoms with Gasteiger partial charge in [-0.1, -0.05) is 0 Å². The van der Waals surface area contributed by atoms with Gasteiger partial charge in [-0.05, 0) is 6.92 Å². The average Bonchev–Trinajstić information content (AvgIpc) is 2.30. The van der Waals surface area contributed by atoms with Crippen molar-refractivity contribution in [2.24, 2.45) is 0 Å². The molecule has 0 amide bonds. The molecule has 1 heterocycles. The van der Waals surface area contributed by atoms with Crippen LogP contribution in [0.1, 0.15) is 24.6 Å². The van der Waals surface area contributed by atoms with Crippen molar-refractivity contribution in [2.45, 2.75) is 19.8 Å². The molecule has 19 heavy (non-hydrogen) atoms. The minimum atomic E-state index is -3.13. The number of carbonyl (C=O) groups is 1. The molecule has 0 fully saturated rings. The van der Waals surface area contributed by atoms with Crippen LogP contribution >= 0.6 is 0 Å². The van der Waals surface area contributed by atoms with Gasteiger partial charge in [0.15, 0.2) is 0 Å². The van der Waals surface area contributed by atoms with E-state index in [0.717, 1.165) is 6.20 Å². The summed E-state index contributed by atoms with van der Waals surface area (Å²) in [5.74, 6) is -0.789. The van der Waals surface area contributed by atoms with E-state index in [1.165, 1.54) is 0 Å². The van der Waals surface area contributed by atoms with E-state index in [1.54, 1.807) is 6.92 Å². The Bertz CT molecular complexity index is 508. The third-order valence-electron chi connectivity index (χ3n) is 2.22. The summed E-state index contributed by atoms with van der Waals surface area (Å²) >= 11 is 0. The maximum Gasteiger partial charge on any atom is 0.312 e. The summed E-state index contributed by atoms with van der Waals surface area (Å²) in [5.41, 5.74) is 2.50. The third kappa shape index (κ3) is 3.33. The number of nitrogens with zero attached hydrogens (tertiary/aromatic N) is 2. The van der Waals surface area contributed by atoms with Gasteiger partial charge in [-0.2, -0.15) is 0 Å². The first-order valence-electron chi connectivity index (χ1n) is 5.23. The normalized spacial score (nSPS) is 10.5. The van der Waals surface area contributed by atoms with Crippen LogP contribution in [0.15, 0.2) is 6.20 Å². The van der Waals surface area contributed by atoms with Crippen LogP contribution in [0.5, 0.6) is 0 Å². The molecule has 1 aromatic heterocycles. The molecule has 104 valence electrons. The number of aromatic nitrogens is 1. The standard InChI is InChI=1S/C10H11F2N3O4/c1-2-19-7(16)3-6-9(15(17)18)8(10(11)12)5(13)4-14-6/h4,10H,2-3,13H2,1H3. The van der Waals surface area contributed by atoms with E-state index in [1.807, 2.05) is 0 Å². The van der Waals surface area contributed by atoms with Gasteiger partial charge in [-0.3, -0.25) is 19.9 Å². The Labute approximate surface area is 106 Å². The fourth-order valence-electron chi connectivity index (χ4n) is 1.48. The summed E-state index contributed by atoms with van der Waals surface area (Å²) in [6.07, 6.45) is -2.84. The van der Waals surface area contributed by atoms with E-state index < -0.39 is 46.4 Å². The molecule has 0 bridgehead atoms. The molecule has 0 aliphatic rings. The van der Waals surface area contributed by atoms with Crippen LogP contribution in [0.25, 0.3) is 0 Å². The maximum atomic E-state index is 12.8. The molecular formula is C10H11F2N3O4. The minimum Gasteiger partial charge on any atom is -0.466 e. The van der Waals surface area contributed by atoms with Crippen LogP contribution in [-0.2, 0) is 16.0 Å². The molecule has 0 saturated carbocycles. The highest BCUT2D eigenvalue weighted by atomic mass is 19.3. The molecule has 1 aromatic rings. The first kappa shape index (κ1) is 14.7. The molecule has 0 radical (unpaired) electrons. The molecule has 0 atom stereocenters. The molecule has 0 aromatic carbocycles. The highest BCUT2D eigenvalue weighted by molar-refractivity contribution is 5.74. The number of carbonyl (C=O) groups excluding carboxylic acids is 1. The van der Waals surface area contributed by atoms with Gasteiger partial charge in [0, 0.05) is 0 Å². The van der Waals surface area contributed by atoms with Crippen molar-refractivity contribution in [3.8, 4) is 0 Å². The zero-order valence-electron chi connectivity index (χ0n) is 9.93. The SMILES string of the molecule is CCOC(=O)Cc1ncc(N)c(C(F)F)c1[N+](=O)[O-]. The van der Waals surface area contributed by atoms with E-state index in [0.29, 0.717) is 0 Å². The van der Waals surface area contributed by atoms with Crippen LogP contribution in [0, 0.1) is 10.1 Å². The minimum absolute atomic E-state index is 0.0727. The molecule has 0 saturated heterocycles. The molecule has 7 nitrogen and oxygen atoms in total. The van der Waals surface area contributed by atoms with Gasteiger partial charge >= 0.3 is 11.7 Å². The number of hydrogen-bond donors (Lipinski definition) is 1. The number of halogens is 2. The summed E-state index contributed by atoms with van der Waals surface area (Å²) < 4.78 is 30.2. The third-order valence-corrected chi connectivity index (χ3v) is 2.22. The summed E-state index contributed by atoms with van der Waals surface area (Å²) in [5, 5.41) is 10.9. The fraction of sp³-hybridized carbons (Fsp3) is 0.400. The summed E-state index contributed by atoms with van der Waals surface area (Å²) in [6, 6.07) is 0. The lowest BCUT2D eigenvalue weighted by Gasteiger charge is -2.08.